The van der Waals surface area contributed by atoms with E-state index in [1.807, 2.05) is 0 Å². The molecule has 0 aliphatic rings. The Hall–Kier alpha value is -2.77. The van der Waals surface area contributed by atoms with Gasteiger partial charge in [-0.15, -0.1) is 0 Å². The molecule has 8 heteroatoms. The number of ether oxygens (including phenoxy) is 3. The molecule has 0 aliphatic heterocycles. The number of benzene rings is 1. The summed E-state index contributed by atoms with van der Waals surface area (Å²) in [5, 5.41) is 0.834. The zero-order valence-electron chi connectivity index (χ0n) is 17.8. The summed E-state index contributed by atoms with van der Waals surface area (Å²) in [6, 6.07) is 6.55. The van der Waals surface area contributed by atoms with Crippen LogP contribution in [0.15, 0.2) is 24.3 Å². The van der Waals surface area contributed by atoms with Gasteiger partial charge in [0.1, 0.15) is 22.5 Å². The number of aldehydes is 1. The zero-order chi connectivity index (χ0) is 21.8. The van der Waals surface area contributed by atoms with Gasteiger partial charge in [0.25, 0.3) is 0 Å². The van der Waals surface area contributed by atoms with Crippen LogP contribution >= 0.6 is 0 Å². The molecule has 0 bridgehead atoms. The number of hydrogen-bond acceptors (Lipinski definition) is 6. The average Bonchev–Trinajstić information content (AvgIpc) is 2.56. The zero-order valence-corrected chi connectivity index (χ0v) is 17.8. The molecule has 1 atom stereocenters. The number of nitrogens with one attached hydrogen (secondary N) is 1. The van der Waals surface area contributed by atoms with E-state index in [0.29, 0.717) is 17.6 Å². The van der Waals surface area contributed by atoms with Crippen molar-refractivity contribution in [1.82, 2.24) is 10.4 Å². The second kappa shape index (κ2) is 8.50. The summed E-state index contributed by atoms with van der Waals surface area (Å²) in [5.41, 5.74) is -0.380. The van der Waals surface area contributed by atoms with E-state index in [4.69, 9.17) is 14.2 Å². The SMILES string of the molecule is COc1ccc([C@@](C)(C=O)N(NC(=O)OC(C)(C)C)C(=O)OC(C)(C)C)cc1. The van der Waals surface area contributed by atoms with Gasteiger partial charge in [-0.2, -0.15) is 5.01 Å². The van der Waals surface area contributed by atoms with Crippen molar-refractivity contribution in [1.29, 1.82) is 0 Å². The van der Waals surface area contributed by atoms with Crippen molar-refractivity contribution in [2.75, 3.05) is 7.11 Å². The lowest BCUT2D eigenvalue weighted by Crippen LogP contribution is -2.59. The van der Waals surface area contributed by atoms with Crippen LogP contribution in [-0.4, -0.2) is 41.8 Å². The molecule has 0 fully saturated rings. The van der Waals surface area contributed by atoms with Crippen molar-refractivity contribution in [3.8, 4) is 5.75 Å². The van der Waals surface area contributed by atoms with Gasteiger partial charge in [-0.25, -0.2) is 15.0 Å². The summed E-state index contributed by atoms with van der Waals surface area (Å²) in [4.78, 5) is 37.2. The molecule has 0 saturated heterocycles. The minimum Gasteiger partial charge on any atom is -0.497 e. The van der Waals surface area contributed by atoms with E-state index in [-0.39, 0.29) is 0 Å². The molecular weight excluding hydrogens is 364 g/mol. The summed E-state index contributed by atoms with van der Waals surface area (Å²) in [6.45, 7) is 11.6. The van der Waals surface area contributed by atoms with Crippen molar-refractivity contribution >= 4 is 18.5 Å². The lowest BCUT2D eigenvalue weighted by molar-refractivity contribution is -0.120. The molecule has 0 spiro atoms. The molecule has 1 aromatic rings. The Labute approximate surface area is 166 Å². The minimum atomic E-state index is -1.55. The molecule has 0 radical (unpaired) electrons. The molecular formula is C20H30N2O6. The molecule has 156 valence electrons. The second-order valence-electron chi connectivity index (χ2n) is 8.42. The molecule has 1 rings (SSSR count). The van der Waals surface area contributed by atoms with Gasteiger partial charge >= 0.3 is 12.2 Å². The van der Waals surface area contributed by atoms with Gasteiger partial charge in [0.2, 0.25) is 0 Å². The van der Waals surface area contributed by atoms with Gasteiger partial charge in [0.05, 0.1) is 7.11 Å². The number of hydrogen-bond donors (Lipinski definition) is 1. The summed E-state index contributed by atoms with van der Waals surface area (Å²) in [5.74, 6) is 0.584. The van der Waals surface area contributed by atoms with Crippen LogP contribution in [0.3, 0.4) is 0 Å². The number of carbonyl (C=O) groups excluding carboxylic acids is 3. The van der Waals surface area contributed by atoms with E-state index in [1.54, 1.807) is 65.8 Å². The smallest absolute Gasteiger partial charge is 0.430 e. The van der Waals surface area contributed by atoms with Gasteiger partial charge in [-0.05, 0) is 66.2 Å². The fourth-order valence-electron chi connectivity index (χ4n) is 2.23. The Morgan fingerprint density at radius 2 is 1.43 bits per heavy atom. The van der Waals surface area contributed by atoms with Crippen LogP contribution in [0, 0.1) is 0 Å². The van der Waals surface area contributed by atoms with Crippen LogP contribution in [0.25, 0.3) is 0 Å². The lowest BCUT2D eigenvalue weighted by atomic mass is 9.93. The molecule has 8 nitrogen and oxygen atoms in total. The maximum atomic E-state index is 12.8. The molecule has 1 N–H and O–H groups in total. The largest absolute Gasteiger partial charge is 0.497 e. The number of carbonyl (C=O) groups is 3. The normalized spacial score (nSPS) is 13.7. The van der Waals surface area contributed by atoms with Crippen LogP contribution in [0.4, 0.5) is 9.59 Å². The number of rotatable bonds is 4. The second-order valence-corrected chi connectivity index (χ2v) is 8.42. The molecule has 0 heterocycles. The summed E-state index contributed by atoms with van der Waals surface area (Å²) in [7, 11) is 1.52. The third-order valence-electron chi connectivity index (χ3n) is 3.55. The maximum Gasteiger partial charge on any atom is 0.430 e. The van der Waals surface area contributed by atoms with Crippen LogP contribution < -0.4 is 10.2 Å². The highest BCUT2D eigenvalue weighted by Crippen LogP contribution is 2.28. The van der Waals surface area contributed by atoms with Crippen molar-refractivity contribution in [2.45, 2.75) is 65.2 Å². The van der Waals surface area contributed by atoms with Gasteiger partial charge < -0.3 is 19.0 Å². The minimum absolute atomic E-state index is 0.449. The Morgan fingerprint density at radius 1 is 0.929 bits per heavy atom. The first kappa shape index (κ1) is 23.3. The highest BCUT2D eigenvalue weighted by Gasteiger charge is 2.41. The van der Waals surface area contributed by atoms with Gasteiger partial charge in [-0.1, -0.05) is 12.1 Å². The molecule has 2 amide bonds. The number of hydrazine groups is 1. The summed E-state index contributed by atoms with van der Waals surface area (Å²) in [6.07, 6.45) is -1.24. The van der Waals surface area contributed by atoms with Crippen molar-refractivity contribution < 1.29 is 28.6 Å². The third-order valence-corrected chi connectivity index (χ3v) is 3.55. The van der Waals surface area contributed by atoms with E-state index in [0.717, 1.165) is 5.01 Å². The van der Waals surface area contributed by atoms with Gasteiger partial charge in [-0.3, -0.25) is 0 Å². The van der Waals surface area contributed by atoms with E-state index in [2.05, 4.69) is 5.43 Å². The first-order valence-electron chi connectivity index (χ1n) is 8.85. The van der Waals surface area contributed by atoms with Crippen LogP contribution in [0.1, 0.15) is 54.0 Å². The van der Waals surface area contributed by atoms with Gasteiger partial charge in [0, 0.05) is 0 Å². The first-order chi connectivity index (χ1) is 12.7. The molecule has 0 saturated carbocycles. The Bertz CT molecular complexity index is 703. The van der Waals surface area contributed by atoms with Gasteiger partial charge in [0.15, 0.2) is 6.29 Å². The molecule has 0 aliphatic carbocycles. The molecule has 0 aromatic heterocycles. The Morgan fingerprint density at radius 3 is 1.82 bits per heavy atom. The summed E-state index contributed by atoms with van der Waals surface area (Å²) >= 11 is 0. The highest BCUT2D eigenvalue weighted by atomic mass is 16.6. The molecule has 28 heavy (non-hydrogen) atoms. The fraction of sp³-hybridized carbons (Fsp3) is 0.550. The quantitative estimate of drug-likeness (QED) is 0.617. The van der Waals surface area contributed by atoms with Crippen molar-refractivity contribution in [2.24, 2.45) is 0 Å². The predicted molar refractivity (Wildman–Crippen MR) is 104 cm³/mol. The van der Waals surface area contributed by atoms with Crippen LogP contribution in [0.5, 0.6) is 5.75 Å². The average molecular weight is 394 g/mol. The molecule has 0 unspecified atom stereocenters. The van der Waals surface area contributed by atoms with E-state index in [9.17, 15) is 14.4 Å². The third kappa shape index (κ3) is 6.44. The first-order valence-corrected chi connectivity index (χ1v) is 8.85. The molecule has 1 aromatic carbocycles. The standard InChI is InChI=1S/C20H30N2O6/c1-18(2,3)27-16(24)21-22(17(25)28-19(4,5)6)20(7,13-23)14-9-11-15(26-8)12-10-14/h9-13H,1-8H3,(H,21,24)/t20-/m1/s1. The Kier molecular flexibility index (Phi) is 7.06. The number of amides is 2. The van der Waals surface area contributed by atoms with Crippen LogP contribution in [-0.2, 0) is 19.8 Å². The van der Waals surface area contributed by atoms with Crippen molar-refractivity contribution in [3.63, 3.8) is 0 Å². The fourth-order valence-corrected chi connectivity index (χ4v) is 2.23. The topological polar surface area (TPSA) is 94.2 Å². The van der Waals surface area contributed by atoms with Crippen LogP contribution in [0.2, 0.25) is 0 Å². The van der Waals surface area contributed by atoms with E-state index in [1.165, 1.54) is 14.0 Å². The lowest BCUT2D eigenvalue weighted by Gasteiger charge is -2.38. The highest BCUT2D eigenvalue weighted by molar-refractivity contribution is 5.81. The monoisotopic (exact) mass is 394 g/mol. The predicted octanol–water partition coefficient (Wildman–Crippen LogP) is 3.79. The number of nitrogens with zero attached hydrogens (tertiary/aromatic N) is 1. The summed E-state index contributed by atoms with van der Waals surface area (Å²) < 4.78 is 15.7. The Balaban J connectivity index is 3.33. The van der Waals surface area contributed by atoms with E-state index < -0.39 is 28.9 Å². The number of methoxy groups -OCH3 is 1. The van der Waals surface area contributed by atoms with Crippen molar-refractivity contribution in [3.05, 3.63) is 29.8 Å². The van der Waals surface area contributed by atoms with E-state index >= 15 is 0 Å². The maximum absolute atomic E-state index is 12.8.